The Bertz CT molecular complexity index is 1090. The predicted molar refractivity (Wildman–Crippen MR) is 113 cm³/mol. The molecule has 7 nitrogen and oxygen atoms in total. The maximum Gasteiger partial charge on any atom is 0.165 e. The lowest BCUT2D eigenvalue weighted by molar-refractivity contribution is 0.122. The second-order valence-electron chi connectivity index (χ2n) is 6.94. The molecule has 0 amide bonds. The van der Waals surface area contributed by atoms with Crippen LogP contribution < -0.4 is 10.2 Å². The van der Waals surface area contributed by atoms with Crippen LogP contribution in [0.5, 0.6) is 0 Å². The van der Waals surface area contributed by atoms with Crippen LogP contribution in [-0.4, -0.2) is 45.9 Å². The van der Waals surface area contributed by atoms with E-state index < -0.39 is 0 Å². The molecule has 1 aromatic carbocycles. The average Bonchev–Trinajstić information content (AvgIpc) is 3.24. The Kier molecular flexibility index (Phi) is 4.80. The Morgan fingerprint density at radius 3 is 2.59 bits per heavy atom. The molecule has 0 saturated carbocycles. The van der Waals surface area contributed by atoms with E-state index in [0.29, 0.717) is 6.54 Å². The SMILES string of the molecule is c1ccc(CNc2ccnc3c(-c4ccc(N5CCOCC5)cc4)cnn23)nc1. The Morgan fingerprint density at radius 2 is 1.79 bits per heavy atom. The van der Waals surface area contributed by atoms with E-state index in [-0.39, 0.29) is 0 Å². The van der Waals surface area contributed by atoms with E-state index in [4.69, 9.17) is 4.74 Å². The lowest BCUT2D eigenvalue weighted by atomic mass is 10.1. The second kappa shape index (κ2) is 7.89. The molecule has 29 heavy (non-hydrogen) atoms. The van der Waals surface area contributed by atoms with Crippen molar-refractivity contribution < 1.29 is 4.74 Å². The molecule has 0 atom stereocenters. The van der Waals surface area contributed by atoms with Gasteiger partial charge in [-0.25, -0.2) is 4.98 Å². The van der Waals surface area contributed by atoms with Gasteiger partial charge in [0.05, 0.1) is 31.6 Å². The molecule has 0 bridgehead atoms. The molecule has 1 aliphatic heterocycles. The normalized spacial score (nSPS) is 14.3. The zero-order chi connectivity index (χ0) is 19.5. The number of benzene rings is 1. The lowest BCUT2D eigenvalue weighted by Gasteiger charge is -2.28. The molecular weight excluding hydrogens is 364 g/mol. The average molecular weight is 386 g/mol. The van der Waals surface area contributed by atoms with E-state index in [1.54, 1.807) is 6.20 Å². The molecule has 146 valence electrons. The topological polar surface area (TPSA) is 67.6 Å². The number of ether oxygens (including phenoxy) is 1. The monoisotopic (exact) mass is 386 g/mol. The van der Waals surface area contributed by atoms with Crippen LogP contribution in [0.2, 0.25) is 0 Å². The highest BCUT2D eigenvalue weighted by molar-refractivity contribution is 5.78. The van der Waals surface area contributed by atoms with Gasteiger partial charge >= 0.3 is 0 Å². The maximum absolute atomic E-state index is 5.44. The van der Waals surface area contributed by atoms with Crippen molar-refractivity contribution in [3.8, 4) is 11.1 Å². The van der Waals surface area contributed by atoms with E-state index in [1.165, 1.54) is 5.69 Å². The molecule has 4 heterocycles. The fourth-order valence-electron chi connectivity index (χ4n) is 3.59. The van der Waals surface area contributed by atoms with Crippen molar-refractivity contribution in [1.82, 2.24) is 19.6 Å². The van der Waals surface area contributed by atoms with Crippen molar-refractivity contribution in [3.05, 3.63) is 72.8 Å². The Balaban J connectivity index is 1.39. The number of fused-ring (bicyclic) bond motifs is 1. The fraction of sp³-hybridized carbons (Fsp3) is 0.227. The van der Waals surface area contributed by atoms with E-state index in [9.17, 15) is 0 Å². The first-order chi connectivity index (χ1) is 14.4. The Hall–Kier alpha value is -3.45. The molecule has 1 N–H and O–H groups in total. The van der Waals surface area contributed by atoms with Crippen LogP contribution >= 0.6 is 0 Å². The molecule has 0 radical (unpaired) electrons. The smallest absolute Gasteiger partial charge is 0.165 e. The van der Waals surface area contributed by atoms with E-state index in [1.807, 2.05) is 41.2 Å². The maximum atomic E-state index is 5.44. The van der Waals surface area contributed by atoms with Crippen LogP contribution in [0.15, 0.2) is 67.1 Å². The van der Waals surface area contributed by atoms with Crippen molar-refractivity contribution in [3.63, 3.8) is 0 Å². The quantitative estimate of drug-likeness (QED) is 0.568. The summed E-state index contributed by atoms with van der Waals surface area (Å²) in [6, 6.07) is 16.4. The first-order valence-corrected chi connectivity index (χ1v) is 9.78. The zero-order valence-electron chi connectivity index (χ0n) is 16.0. The number of nitrogens with one attached hydrogen (secondary N) is 1. The molecule has 0 spiro atoms. The van der Waals surface area contributed by atoms with Gasteiger partial charge in [0.25, 0.3) is 0 Å². The number of anilines is 2. The number of pyridine rings is 1. The number of nitrogens with zero attached hydrogens (tertiary/aromatic N) is 5. The summed E-state index contributed by atoms with van der Waals surface area (Å²) < 4.78 is 7.28. The largest absolute Gasteiger partial charge is 0.378 e. The number of hydrogen-bond donors (Lipinski definition) is 1. The summed E-state index contributed by atoms with van der Waals surface area (Å²) in [5, 5.41) is 7.96. The summed E-state index contributed by atoms with van der Waals surface area (Å²) in [6.45, 7) is 4.07. The third kappa shape index (κ3) is 3.64. The van der Waals surface area contributed by atoms with E-state index in [2.05, 4.69) is 49.5 Å². The fourth-order valence-corrected chi connectivity index (χ4v) is 3.59. The third-order valence-corrected chi connectivity index (χ3v) is 5.13. The molecule has 7 heteroatoms. The zero-order valence-corrected chi connectivity index (χ0v) is 16.0. The minimum atomic E-state index is 0.628. The number of aromatic nitrogens is 4. The highest BCUT2D eigenvalue weighted by Crippen LogP contribution is 2.27. The first-order valence-electron chi connectivity index (χ1n) is 9.78. The van der Waals surface area contributed by atoms with Crippen molar-refractivity contribution in [2.45, 2.75) is 6.54 Å². The van der Waals surface area contributed by atoms with Crippen LogP contribution in [0.3, 0.4) is 0 Å². The molecule has 1 saturated heterocycles. The van der Waals surface area contributed by atoms with Crippen molar-refractivity contribution in [2.75, 3.05) is 36.5 Å². The van der Waals surface area contributed by atoms with Gasteiger partial charge in [0, 0.05) is 36.7 Å². The van der Waals surface area contributed by atoms with Crippen LogP contribution in [0.4, 0.5) is 11.5 Å². The van der Waals surface area contributed by atoms with Gasteiger partial charge in [0.1, 0.15) is 5.82 Å². The van der Waals surface area contributed by atoms with Gasteiger partial charge in [-0.2, -0.15) is 9.61 Å². The van der Waals surface area contributed by atoms with Gasteiger partial charge in [0.2, 0.25) is 0 Å². The standard InChI is InChI=1S/C22H22N6O/c1-2-9-23-18(3-1)15-25-21-8-10-24-22-20(16-26-28(21)22)17-4-6-19(7-5-17)27-11-13-29-14-12-27/h1-10,16,25H,11-15H2. The minimum Gasteiger partial charge on any atom is -0.378 e. The molecule has 3 aromatic heterocycles. The van der Waals surface area contributed by atoms with Crippen LogP contribution in [0.1, 0.15) is 5.69 Å². The van der Waals surface area contributed by atoms with E-state index in [0.717, 1.165) is 54.6 Å². The molecule has 1 fully saturated rings. The van der Waals surface area contributed by atoms with Gasteiger partial charge in [-0.15, -0.1) is 0 Å². The summed E-state index contributed by atoms with van der Waals surface area (Å²) in [7, 11) is 0. The van der Waals surface area contributed by atoms with E-state index >= 15 is 0 Å². The molecule has 0 unspecified atom stereocenters. The van der Waals surface area contributed by atoms with Crippen LogP contribution in [-0.2, 0) is 11.3 Å². The Morgan fingerprint density at radius 1 is 0.931 bits per heavy atom. The van der Waals surface area contributed by atoms with Crippen LogP contribution in [0, 0.1) is 0 Å². The number of hydrogen-bond acceptors (Lipinski definition) is 6. The van der Waals surface area contributed by atoms with Crippen molar-refractivity contribution >= 4 is 17.2 Å². The minimum absolute atomic E-state index is 0.628. The molecule has 5 rings (SSSR count). The highest BCUT2D eigenvalue weighted by atomic mass is 16.5. The van der Waals surface area contributed by atoms with Gasteiger partial charge < -0.3 is 15.0 Å². The van der Waals surface area contributed by atoms with Crippen LogP contribution in [0.25, 0.3) is 16.8 Å². The molecule has 0 aliphatic carbocycles. The Labute approximate surface area is 169 Å². The van der Waals surface area contributed by atoms with Gasteiger partial charge in [-0.3, -0.25) is 4.98 Å². The van der Waals surface area contributed by atoms with Gasteiger partial charge in [-0.05, 0) is 35.9 Å². The molecule has 4 aromatic rings. The molecular formula is C22H22N6O. The van der Waals surface area contributed by atoms with Crippen molar-refractivity contribution in [2.24, 2.45) is 0 Å². The second-order valence-corrected chi connectivity index (χ2v) is 6.94. The van der Waals surface area contributed by atoms with Gasteiger partial charge in [0.15, 0.2) is 5.65 Å². The summed E-state index contributed by atoms with van der Waals surface area (Å²) in [6.07, 6.45) is 5.48. The third-order valence-electron chi connectivity index (χ3n) is 5.13. The summed E-state index contributed by atoms with van der Waals surface area (Å²) in [4.78, 5) is 11.3. The number of rotatable bonds is 5. The summed E-state index contributed by atoms with van der Waals surface area (Å²) >= 11 is 0. The molecule has 1 aliphatic rings. The summed E-state index contributed by atoms with van der Waals surface area (Å²) in [5.74, 6) is 0.886. The van der Waals surface area contributed by atoms with Gasteiger partial charge in [-0.1, -0.05) is 18.2 Å². The first kappa shape index (κ1) is 17.6. The summed E-state index contributed by atoms with van der Waals surface area (Å²) in [5.41, 5.74) is 5.14. The number of morpholine rings is 1. The predicted octanol–water partition coefficient (Wildman–Crippen LogP) is 3.24. The van der Waals surface area contributed by atoms with Crippen molar-refractivity contribution in [1.29, 1.82) is 0 Å². The highest BCUT2D eigenvalue weighted by Gasteiger charge is 2.13. The lowest BCUT2D eigenvalue weighted by Crippen LogP contribution is -2.36.